The van der Waals surface area contributed by atoms with Crippen LogP contribution in [0.1, 0.15) is 35.7 Å². The van der Waals surface area contributed by atoms with Crippen molar-refractivity contribution >= 4 is 5.78 Å². The molecule has 0 fully saturated rings. The first-order valence-corrected chi connectivity index (χ1v) is 6.50. The summed E-state index contributed by atoms with van der Waals surface area (Å²) in [5.41, 5.74) is 2.44. The van der Waals surface area contributed by atoms with E-state index in [0.29, 0.717) is 22.8 Å². The van der Waals surface area contributed by atoms with Crippen LogP contribution in [-0.2, 0) is 0 Å². The van der Waals surface area contributed by atoms with Crippen LogP contribution in [0.3, 0.4) is 0 Å². The molecule has 0 saturated carbocycles. The maximum absolute atomic E-state index is 12.5. The van der Waals surface area contributed by atoms with Crippen molar-refractivity contribution in [3.8, 4) is 17.2 Å². The predicted molar refractivity (Wildman–Crippen MR) is 77.1 cm³/mol. The third kappa shape index (κ3) is 1.87. The Morgan fingerprint density at radius 1 is 1.15 bits per heavy atom. The molecule has 2 atom stereocenters. The van der Waals surface area contributed by atoms with E-state index in [1.807, 2.05) is 13.8 Å². The molecule has 20 heavy (non-hydrogen) atoms. The molecule has 0 aliphatic heterocycles. The van der Waals surface area contributed by atoms with Crippen LogP contribution in [0.5, 0.6) is 17.2 Å². The van der Waals surface area contributed by atoms with Gasteiger partial charge in [0.25, 0.3) is 0 Å². The maximum Gasteiger partial charge on any atom is 0.203 e. The molecule has 4 nitrogen and oxygen atoms in total. The van der Waals surface area contributed by atoms with Gasteiger partial charge in [-0.3, -0.25) is 4.79 Å². The maximum atomic E-state index is 12.5. The third-order valence-electron chi connectivity index (χ3n) is 3.89. The molecule has 4 heteroatoms. The van der Waals surface area contributed by atoms with E-state index in [-0.39, 0.29) is 17.6 Å². The van der Waals surface area contributed by atoms with Gasteiger partial charge in [-0.15, -0.1) is 0 Å². The summed E-state index contributed by atoms with van der Waals surface area (Å²) in [7, 11) is 4.67. The first-order chi connectivity index (χ1) is 9.47. The molecule has 0 saturated heterocycles. The lowest BCUT2D eigenvalue weighted by Crippen LogP contribution is -2.10. The average Bonchev–Trinajstić information content (AvgIpc) is 2.68. The summed E-state index contributed by atoms with van der Waals surface area (Å²) < 4.78 is 16.2. The molecule has 0 heterocycles. The second-order valence-electron chi connectivity index (χ2n) is 5.08. The molecule has 0 bridgehead atoms. The van der Waals surface area contributed by atoms with Crippen LogP contribution in [0.25, 0.3) is 0 Å². The van der Waals surface area contributed by atoms with Crippen molar-refractivity contribution in [2.45, 2.75) is 19.8 Å². The van der Waals surface area contributed by atoms with Gasteiger partial charge in [-0.2, -0.15) is 0 Å². The molecule has 1 aromatic carbocycles. The van der Waals surface area contributed by atoms with Gasteiger partial charge < -0.3 is 14.2 Å². The van der Waals surface area contributed by atoms with Crippen LogP contribution in [0.2, 0.25) is 0 Å². The Kier molecular flexibility index (Phi) is 3.75. The number of carbonyl (C=O) groups excluding carboxylic acids is 1. The van der Waals surface area contributed by atoms with E-state index < -0.39 is 0 Å². The van der Waals surface area contributed by atoms with E-state index in [4.69, 9.17) is 14.2 Å². The van der Waals surface area contributed by atoms with Gasteiger partial charge in [0.2, 0.25) is 5.75 Å². The topological polar surface area (TPSA) is 44.8 Å². The number of carbonyl (C=O) groups is 1. The number of fused-ring (bicyclic) bond motifs is 1. The second-order valence-corrected chi connectivity index (χ2v) is 5.08. The summed E-state index contributed by atoms with van der Waals surface area (Å²) in [6, 6.07) is 1.73. The van der Waals surface area contributed by atoms with Crippen LogP contribution in [-0.4, -0.2) is 27.1 Å². The molecule has 1 aromatic rings. The predicted octanol–water partition coefficient (Wildman–Crippen LogP) is 3.20. The summed E-state index contributed by atoms with van der Waals surface area (Å²) in [6.07, 6.45) is 0. The molecule has 108 valence electrons. The Labute approximate surface area is 119 Å². The standard InChI is InChI=1S/C16H20O4/c1-8(2)12-9(3)14(17)10-7-11(18-4)15(19-5)16(20-6)13(10)12/h7,9,12H,1H2,2-6H3/t9-,12+/m0/s1. The molecule has 0 N–H and O–H groups in total. The summed E-state index contributed by atoms with van der Waals surface area (Å²) >= 11 is 0. The number of allylic oxidation sites excluding steroid dienone is 1. The Morgan fingerprint density at radius 3 is 2.20 bits per heavy atom. The highest BCUT2D eigenvalue weighted by Gasteiger charge is 2.41. The molecule has 0 spiro atoms. The summed E-state index contributed by atoms with van der Waals surface area (Å²) in [5, 5.41) is 0. The third-order valence-corrected chi connectivity index (χ3v) is 3.89. The number of ketones is 1. The summed E-state index contributed by atoms with van der Waals surface area (Å²) in [6.45, 7) is 7.86. The second kappa shape index (κ2) is 5.19. The van der Waals surface area contributed by atoms with Gasteiger partial charge in [0.15, 0.2) is 17.3 Å². The van der Waals surface area contributed by atoms with Crippen molar-refractivity contribution in [2.24, 2.45) is 5.92 Å². The number of hydrogen-bond acceptors (Lipinski definition) is 4. The molecule has 0 radical (unpaired) electrons. The van der Waals surface area contributed by atoms with E-state index >= 15 is 0 Å². The highest BCUT2D eigenvalue weighted by Crippen LogP contribution is 2.52. The van der Waals surface area contributed by atoms with E-state index in [0.717, 1.165) is 11.1 Å². The van der Waals surface area contributed by atoms with Crippen molar-refractivity contribution in [3.63, 3.8) is 0 Å². The van der Waals surface area contributed by atoms with Crippen molar-refractivity contribution in [3.05, 3.63) is 29.3 Å². The fourth-order valence-electron chi connectivity index (χ4n) is 3.01. The van der Waals surface area contributed by atoms with Gasteiger partial charge in [0.05, 0.1) is 21.3 Å². The minimum Gasteiger partial charge on any atom is -0.493 e. The van der Waals surface area contributed by atoms with Gasteiger partial charge in [0, 0.05) is 23.0 Å². The van der Waals surface area contributed by atoms with E-state index in [1.165, 1.54) is 0 Å². The zero-order valence-corrected chi connectivity index (χ0v) is 12.6. The van der Waals surface area contributed by atoms with Gasteiger partial charge >= 0.3 is 0 Å². The zero-order valence-electron chi connectivity index (χ0n) is 12.6. The molecule has 0 amide bonds. The van der Waals surface area contributed by atoms with Gasteiger partial charge in [-0.05, 0) is 13.0 Å². The fraction of sp³-hybridized carbons (Fsp3) is 0.438. The molecule has 0 unspecified atom stereocenters. The molecular formula is C16H20O4. The number of rotatable bonds is 4. The first-order valence-electron chi connectivity index (χ1n) is 6.50. The molecular weight excluding hydrogens is 256 g/mol. The van der Waals surface area contributed by atoms with Crippen molar-refractivity contribution in [1.82, 2.24) is 0 Å². The average molecular weight is 276 g/mol. The van der Waals surface area contributed by atoms with Crippen LogP contribution in [0, 0.1) is 5.92 Å². The minimum atomic E-state index is -0.145. The number of ether oxygens (including phenoxy) is 3. The van der Waals surface area contributed by atoms with Crippen molar-refractivity contribution in [1.29, 1.82) is 0 Å². The monoisotopic (exact) mass is 276 g/mol. The Bertz CT molecular complexity index is 574. The minimum absolute atomic E-state index is 0.0488. The smallest absolute Gasteiger partial charge is 0.203 e. The molecule has 1 aliphatic carbocycles. The molecule has 2 rings (SSSR count). The quantitative estimate of drug-likeness (QED) is 0.792. The Hall–Kier alpha value is -1.97. The zero-order chi connectivity index (χ0) is 15.0. The van der Waals surface area contributed by atoms with Crippen LogP contribution in [0.4, 0.5) is 0 Å². The normalized spacial score (nSPS) is 20.6. The number of Topliss-reactive ketones (excluding diaryl/α,β-unsaturated/α-hetero) is 1. The van der Waals surface area contributed by atoms with E-state index in [1.54, 1.807) is 27.4 Å². The van der Waals surface area contributed by atoms with E-state index in [2.05, 4.69) is 6.58 Å². The van der Waals surface area contributed by atoms with Crippen molar-refractivity contribution < 1.29 is 19.0 Å². The number of hydrogen-bond donors (Lipinski definition) is 0. The molecule has 1 aliphatic rings. The highest BCUT2D eigenvalue weighted by molar-refractivity contribution is 6.05. The molecule has 0 aromatic heterocycles. The largest absolute Gasteiger partial charge is 0.493 e. The van der Waals surface area contributed by atoms with Gasteiger partial charge in [-0.25, -0.2) is 0 Å². The first kappa shape index (κ1) is 14.4. The van der Waals surface area contributed by atoms with Crippen LogP contribution in [0.15, 0.2) is 18.2 Å². The van der Waals surface area contributed by atoms with Crippen LogP contribution < -0.4 is 14.2 Å². The Morgan fingerprint density at radius 2 is 1.75 bits per heavy atom. The SMILES string of the molecule is C=C(C)[C@H]1c2c(cc(OC)c(OC)c2OC)C(=O)[C@H]1C. The lowest BCUT2D eigenvalue weighted by Gasteiger charge is -2.20. The lowest BCUT2D eigenvalue weighted by molar-refractivity contribution is 0.0938. The number of methoxy groups -OCH3 is 3. The van der Waals surface area contributed by atoms with Gasteiger partial charge in [0.1, 0.15) is 0 Å². The van der Waals surface area contributed by atoms with E-state index in [9.17, 15) is 4.79 Å². The number of benzene rings is 1. The van der Waals surface area contributed by atoms with Crippen LogP contribution >= 0.6 is 0 Å². The highest BCUT2D eigenvalue weighted by atomic mass is 16.5. The van der Waals surface area contributed by atoms with Gasteiger partial charge in [-0.1, -0.05) is 19.1 Å². The Balaban J connectivity index is 2.80. The fourth-order valence-corrected chi connectivity index (χ4v) is 3.01. The lowest BCUT2D eigenvalue weighted by atomic mass is 9.87. The summed E-state index contributed by atoms with van der Waals surface area (Å²) in [4.78, 5) is 12.5. The van der Waals surface area contributed by atoms with Crippen molar-refractivity contribution in [2.75, 3.05) is 21.3 Å². The summed E-state index contributed by atoms with van der Waals surface area (Å²) in [5.74, 6) is 1.48.